The van der Waals surface area contributed by atoms with Crippen LogP contribution in [0.4, 0.5) is 4.39 Å². The Morgan fingerprint density at radius 2 is 2.29 bits per heavy atom. The van der Waals surface area contributed by atoms with Crippen LogP contribution in [0.25, 0.3) is 10.4 Å². The summed E-state index contributed by atoms with van der Waals surface area (Å²) in [6, 6.07) is 9.28. The molecule has 1 aliphatic rings. The molecule has 1 N–H and O–H groups in total. The summed E-state index contributed by atoms with van der Waals surface area (Å²) in [7, 11) is 0. The van der Waals surface area contributed by atoms with Crippen LogP contribution in [0.2, 0.25) is 0 Å². The average Bonchev–Trinajstić information content (AvgIpc) is 3.27. The first-order chi connectivity index (χ1) is 11.8. The molecule has 3 aromatic rings. The van der Waals surface area contributed by atoms with Gasteiger partial charge in [0, 0.05) is 30.0 Å². The van der Waals surface area contributed by atoms with E-state index in [4.69, 9.17) is 0 Å². The fourth-order valence-corrected chi connectivity index (χ4v) is 3.96. The van der Waals surface area contributed by atoms with Crippen LogP contribution in [0.5, 0.6) is 0 Å². The molecule has 0 unspecified atom stereocenters. The smallest absolute Gasteiger partial charge is 0.132 e. The molecule has 0 radical (unpaired) electrons. The second-order valence-corrected chi connectivity index (χ2v) is 7.17. The monoisotopic (exact) mass is 342 g/mol. The fourth-order valence-electron chi connectivity index (χ4n) is 3.22. The Bertz CT molecular complexity index is 812. The van der Waals surface area contributed by atoms with Gasteiger partial charge in [-0.1, -0.05) is 12.1 Å². The molecule has 3 heterocycles. The van der Waals surface area contributed by atoms with Gasteiger partial charge in [-0.2, -0.15) is 0 Å². The van der Waals surface area contributed by atoms with E-state index in [0.29, 0.717) is 11.5 Å². The van der Waals surface area contributed by atoms with Crippen molar-refractivity contribution < 1.29 is 4.39 Å². The molecule has 0 fully saturated rings. The fraction of sp³-hybridized carbons (Fsp3) is 0.333. The SMILES string of the molecule is Fc1ccc(CNC[C@@H]2CCc3nncn3C2)cc1-c1cccs1. The summed E-state index contributed by atoms with van der Waals surface area (Å²) in [6.07, 6.45) is 3.94. The number of benzene rings is 1. The van der Waals surface area contributed by atoms with Crippen LogP contribution in [0.15, 0.2) is 42.0 Å². The molecule has 1 aliphatic heterocycles. The highest BCUT2D eigenvalue weighted by Gasteiger charge is 2.19. The zero-order valence-electron chi connectivity index (χ0n) is 13.3. The summed E-state index contributed by atoms with van der Waals surface area (Å²) in [5.41, 5.74) is 1.80. The number of nitrogens with zero attached hydrogens (tertiary/aromatic N) is 3. The highest BCUT2D eigenvalue weighted by Crippen LogP contribution is 2.28. The summed E-state index contributed by atoms with van der Waals surface area (Å²) in [6.45, 7) is 2.67. The first-order valence-corrected chi connectivity index (χ1v) is 9.07. The normalized spacial score (nSPS) is 17.0. The molecule has 6 heteroatoms. The summed E-state index contributed by atoms with van der Waals surface area (Å²) >= 11 is 1.56. The zero-order valence-corrected chi connectivity index (χ0v) is 14.1. The average molecular weight is 342 g/mol. The summed E-state index contributed by atoms with van der Waals surface area (Å²) in [5, 5.41) is 13.6. The van der Waals surface area contributed by atoms with Crippen molar-refractivity contribution in [2.24, 2.45) is 5.92 Å². The number of aryl methyl sites for hydroxylation is 1. The van der Waals surface area contributed by atoms with Gasteiger partial charge in [0.05, 0.1) is 0 Å². The maximum Gasteiger partial charge on any atom is 0.132 e. The van der Waals surface area contributed by atoms with Crippen LogP contribution < -0.4 is 5.32 Å². The molecule has 24 heavy (non-hydrogen) atoms. The van der Waals surface area contributed by atoms with Gasteiger partial charge in [-0.15, -0.1) is 21.5 Å². The van der Waals surface area contributed by atoms with E-state index in [1.165, 1.54) is 0 Å². The molecular weight excluding hydrogens is 323 g/mol. The molecule has 0 aliphatic carbocycles. The first kappa shape index (κ1) is 15.5. The van der Waals surface area contributed by atoms with Gasteiger partial charge in [0.25, 0.3) is 0 Å². The largest absolute Gasteiger partial charge is 0.317 e. The number of fused-ring (bicyclic) bond motifs is 1. The van der Waals surface area contributed by atoms with Crippen molar-refractivity contribution in [3.8, 4) is 10.4 Å². The van der Waals surface area contributed by atoms with Crippen molar-refractivity contribution in [1.82, 2.24) is 20.1 Å². The molecule has 4 nitrogen and oxygen atoms in total. The van der Waals surface area contributed by atoms with Crippen molar-refractivity contribution in [1.29, 1.82) is 0 Å². The lowest BCUT2D eigenvalue weighted by Crippen LogP contribution is -2.29. The number of rotatable bonds is 5. The van der Waals surface area contributed by atoms with Gasteiger partial charge in [0.2, 0.25) is 0 Å². The second kappa shape index (κ2) is 6.83. The highest BCUT2D eigenvalue weighted by molar-refractivity contribution is 7.13. The van der Waals surface area contributed by atoms with E-state index in [0.717, 1.165) is 48.7 Å². The molecular formula is C18H19FN4S. The maximum absolute atomic E-state index is 14.0. The number of hydrogen-bond donors (Lipinski definition) is 1. The van der Waals surface area contributed by atoms with Gasteiger partial charge in [-0.3, -0.25) is 0 Å². The Balaban J connectivity index is 1.36. The van der Waals surface area contributed by atoms with Crippen LogP contribution in [-0.4, -0.2) is 21.3 Å². The van der Waals surface area contributed by atoms with Crippen LogP contribution >= 0.6 is 11.3 Å². The molecule has 2 aromatic heterocycles. The van der Waals surface area contributed by atoms with E-state index in [9.17, 15) is 4.39 Å². The van der Waals surface area contributed by atoms with E-state index in [1.807, 2.05) is 36.0 Å². The highest BCUT2D eigenvalue weighted by atomic mass is 32.1. The van der Waals surface area contributed by atoms with Gasteiger partial charge in [0.15, 0.2) is 0 Å². The second-order valence-electron chi connectivity index (χ2n) is 6.23. The standard InChI is InChI=1S/C18H19FN4S/c19-16-5-3-13(8-15(16)17-2-1-7-24-17)9-20-10-14-4-6-18-22-21-12-23(18)11-14/h1-3,5,7-8,12,14,20H,4,6,9-11H2/t14-/m0/s1. The minimum atomic E-state index is -0.159. The van der Waals surface area contributed by atoms with E-state index in [1.54, 1.807) is 17.4 Å². The molecule has 124 valence electrons. The van der Waals surface area contributed by atoms with Crippen molar-refractivity contribution >= 4 is 11.3 Å². The lowest BCUT2D eigenvalue weighted by molar-refractivity contribution is 0.347. The van der Waals surface area contributed by atoms with E-state index >= 15 is 0 Å². The Kier molecular flexibility index (Phi) is 4.40. The molecule has 0 saturated heterocycles. The third-order valence-electron chi connectivity index (χ3n) is 4.51. The van der Waals surface area contributed by atoms with Gasteiger partial charge < -0.3 is 9.88 Å². The third kappa shape index (κ3) is 3.25. The summed E-state index contributed by atoms with van der Waals surface area (Å²) in [4.78, 5) is 0.974. The predicted octanol–water partition coefficient (Wildman–Crippen LogP) is 3.50. The Labute approximate surface area is 144 Å². The number of thiophene rings is 1. The molecule has 0 bridgehead atoms. The van der Waals surface area contributed by atoms with Crippen molar-refractivity contribution in [2.45, 2.75) is 25.9 Å². The molecule has 0 spiro atoms. The third-order valence-corrected chi connectivity index (χ3v) is 5.41. The van der Waals surface area contributed by atoms with Crippen LogP contribution in [-0.2, 0) is 19.5 Å². The van der Waals surface area contributed by atoms with E-state index in [-0.39, 0.29) is 5.82 Å². The van der Waals surface area contributed by atoms with Crippen LogP contribution in [0.1, 0.15) is 17.8 Å². The number of aromatic nitrogens is 3. The number of halogens is 1. The summed E-state index contributed by atoms with van der Waals surface area (Å²) < 4.78 is 16.2. The van der Waals surface area contributed by atoms with E-state index in [2.05, 4.69) is 20.1 Å². The first-order valence-electron chi connectivity index (χ1n) is 8.19. The lowest BCUT2D eigenvalue weighted by atomic mass is 9.99. The topological polar surface area (TPSA) is 42.7 Å². The zero-order chi connectivity index (χ0) is 16.4. The van der Waals surface area contributed by atoms with Gasteiger partial charge in [-0.25, -0.2) is 4.39 Å². The number of nitrogens with one attached hydrogen (secondary N) is 1. The van der Waals surface area contributed by atoms with Crippen molar-refractivity contribution in [2.75, 3.05) is 6.54 Å². The van der Waals surface area contributed by atoms with Crippen LogP contribution in [0, 0.1) is 11.7 Å². The minimum Gasteiger partial charge on any atom is -0.317 e. The molecule has 0 saturated carbocycles. The van der Waals surface area contributed by atoms with Crippen LogP contribution in [0.3, 0.4) is 0 Å². The Morgan fingerprint density at radius 1 is 1.33 bits per heavy atom. The quantitative estimate of drug-likeness (QED) is 0.772. The Hall–Kier alpha value is -2.05. The Morgan fingerprint density at radius 3 is 3.17 bits per heavy atom. The predicted molar refractivity (Wildman–Crippen MR) is 93.3 cm³/mol. The van der Waals surface area contributed by atoms with Crippen molar-refractivity contribution in [3.05, 3.63) is 59.2 Å². The van der Waals surface area contributed by atoms with Gasteiger partial charge >= 0.3 is 0 Å². The molecule has 1 atom stereocenters. The minimum absolute atomic E-state index is 0.159. The van der Waals surface area contributed by atoms with E-state index < -0.39 is 0 Å². The molecule has 4 rings (SSSR count). The number of hydrogen-bond acceptors (Lipinski definition) is 4. The molecule has 0 amide bonds. The molecule has 1 aromatic carbocycles. The summed E-state index contributed by atoms with van der Waals surface area (Å²) in [5.74, 6) is 1.52. The maximum atomic E-state index is 14.0. The van der Waals surface area contributed by atoms with Gasteiger partial charge in [-0.05, 0) is 48.0 Å². The van der Waals surface area contributed by atoms with Crippen molar-refractivity contribution in [3.63, 3.8) is 0 Å². The lowest BCUT2D eigenvalue weighted by Gasteiger charge is -2.23. The van der Waals surface area contributed by atoms with Gasteiger partial charge in [0.1, 0.15) is 18.0 Å².